The molecule has 1 unspecified atom stereocenters. The van der Waals surface area contributed by atoms with Crippen LogP contribution in [0.3, 0.4) is 0 Å². The van der Waals surface area contributed by atoms with Crippen molar-refractivity contribution in [2.75, 3.05) is 18.5 Å². The molecule has 1 saturated heterocycles. The van der Waals surface area contributed by atoms with Crippen molar-refractivity contribution < 1.29 is 19.4 Å². The van der Waals surface area contributed by atoms with Crippen LogP contribution in [0.25, 0.3) is 10.9 Å². The molecule has 1 aromatic heterocycles. The van der Waals surface area contributed by atoms with Crippen molar-refractivity contribution in [1.82, 2.24) is 14.5 Å². The number of aromatic nitrogens is 2. The Morgan fingerprint density at radius 3 is 2.62 bits per heavy atom. The zero-order valence-electron chi connectivity index (χ0n) is 18.1. The normalized spacial score (nSPS) is 15.4. The molecule has 3 N–H and O–H groups in total. The molecule has 1 aliphatic rings. The van der Waals surface area contributed by atoms with Gasteiger partial charge < -0.3 is 20.5 Å². The largest absolute Gasteiger partial charge is 0.506 e. The number of nitrogens with zero attached hydrogens (tertiary/aromatic N) is 2. The van der Waals surface area contributed by atoms with E-state index in [-0.39, 0.29) is 28.4 Å². The summed E-state index contributed by atoms with van der Waals surface area (Å²) in [7, 11) is 0. The van der Waals surface area contributed by atoms with Crippen molar-refractivity contribution in [3.8, 4) is 5.75 Å². The average molecular weight is 487 g/mol. The lowest BCUT2D eigenvalue weighted by Gasteiger charge is -2.15. The van der Waals surface area contributed by atoms with E-state index in [0.29, 0.717) is 18.2 Å². The van der Waals surface area contributed by atoms with Crippen LogP contribution in [0.1, 0.15) is 12.8 Å². The molecule has 34 heavy (non-hydrogen) atoms. The Bertz CT molecular complexity index is 1360. The number of para-hydroxylation sites is 1. The number of hydrogen-bond acceptors (Lipinski definition) is 6. The van der Waals surface area contributed by atoms with Crippen LogP contribution in [0, 0.1) is 0 Å². The topological polar surface area (TPSA) is 132 Å². The van der Waals surface area contributed by atoms with Crippen LogP contribution in [0.2, 0.25) is 5.02 Å². The molecule has 4 rings (SSSR count). The number of benzene rings is 2. The lowest BCUT2D eigenvalue weighted by atomic mass is 10.2. The number of amides is 2. The Morgan fingerprint density at radius 2 is 1.85 bits per heavy atom. The Balaban J connectivity index is 1.61. The monoisotopic (exact) mass is 486 g/mol. The van der Waals surface area contributed by atoms with Crippen molar-refractivity contribution >= 4 is 40.0 Å². The van der Waals surface area contributed by atoms with Crippen LogP contribution in [0.4, 0.5) is 5.69 Å². The molecule has 0 radical (unpaired) electrons. The second-order valence-corrected chi connectivity index (χ2v) is 8.36. The van der Waals surface area contributed by atoms with Gasteiger partial charge in [-0.25, -0.2) is 4.79 Å². The number of anilines is 1. The second kappa shape index (κ2) is 10.1. The molecule has 2 heterocycles. The van der Waals surface area contributed by atoms with E-state index in [4.69, 9.17) is 16.3 Å². The second-order valence-electron chi connectivity index (χ2n) is 7.93. The maximum Gasteiger partial charge on any atom is 0.332 e. The minimum absolute atomic E-state index is 0.0803. The molecule has 1 atom stereocenters. The van der Waals surface area contributed by atoms with Crippen LogP contribution in [-0.2, 0) is 27.4 Å². The predicted molar refractivity (Wildman–Crippen MR) is 126 cm³/mol. The van der Waals surface area contributed by atoms with Crippen molar-refractivity contribution in [2.24, 2.45) is 0 Å². The quantitative estimate of drug-likeness (QED) is 0.433. The molecule has 2 amide bonds. The number of phenolic OH excluding ortho intramolecular Hbond substituents is 1. The fraction of sp³-hybridized carbons (Fsp3) is 0.304. The Labute approximate surface area is 198 Å². The zero-order valence-corrected chi connectivity index (χ0v) is 18.9. The van der Waals surface area contributed by atoms with E-state index >= 15 is 0 Å². The van der Waals surface area contributed by atoms with Crippen LogP contribution < -0.4 is 21.9 Å². The van der Waals surface area contributed by atoms with E-state index < -0.39 is 36.2 Å². The zero-order chi connectivity index (χ0) is 24.2. The molecular formula is C23H23ClN4O6. The number of carbonyl (C=O) groups is 2. The molecule has 11 heteroatoms. The first-order valence-corrected chi connectivity index (χ1v) is 11.1. The van der Waals surface area contributed by atoms with E-state index in [1.165, 1.54) is 24.3 Å². The summed E-state index contributed by atoms with van der Waals surface area (Å²) in [5.41, 5.74) is -1.10. The number of rotatable bonds is 7. The van der Waals surface area contributed by atoms with Gasteiger partial charge in [0.2, 0.25) is 11.8 Å². The number of halogens is 1. The highest BCUT2D eigenvalue weighted by atomic mass is 35.5. The van der Waals surface area contributed by atoms with Crippen LogP contribution in [0.5, 0.6) is 5.75 Å². The number of carbonyl (C=O) groups excluding carboxylic acids is 2. The van der Waals surface area contributed by atoms with E-state index in [1.54, 1.807) is 18.2 Å². The number of phenols is 1. The SMILES string of the molecule is O=C(Cn1c(=O)c2ccccc2n(CC(=O)Nc2cc(Cl)ccc2O)c1=O)NCC1CCCO1. The molecule has 3 aromatic rings. The van der Waals surface area contributed by atoms with Gasteiger partial charge in [0.05, 0.1) is 22.7 Å². The number of aromatic hydroxyl groups is 1. The maximum absolute atomic E-state index is 13.2. The average Bonchev–Trinajstić information content (AvgIpc) is 3.34. The van der Waals surface area contributed by atoms with E-state index in [1.807, 2.05) is 0 Å². The third-order valence-corrected chi connectivity index (χ3v) is 5.75. The summed E-state index contributed by atoms with van der Waals surface area (Å²) < 4.78 is 7.38. The summed E-state index contributed by atoms with van der Waals surface area (Å²) in [6.45, 7) is -0.0136. The summed E-state index contributed by atoms with van der Waals surface area (Å²) in [6.07, 6.45) is 1.67. The van der Waals surface area contributed by atoms with Gasteiger partial charge in [-0.15, -0.1) is 0 Å². The minimum atomic E-state index is -0.804. The maximum atomic E-state index is 13.2. The highest BCUT2D eigenvalue weighted by molar-refractivity contribution is 6.31. The highest BCUT2D eigenvalue weighted by Crippen LogP contribution is 2.26. The Morgan fingerprint density at radius 1 is 1.09 bits per heavy atom. The predicted octanol–water partition coefficient (Wildman–Crippen LogP) is 1.46. The van der Waals surface area contributed by atoms with Gasteiger partial charge >= 0.3 is 5.69 Å². The Hall–Kier alpha value is -3.63. The molecule has 1 aliphatic heterocycles. The molecule has 2 aromatic carbocycles. The highest BCUT2D eigenvalue weighted by Gasteiger charge is 2.20. The van der Waals surface area contributed by atoms with Crippen molar-refractivity contribution in [3.63, 3.8) is 0 Å². The molecule has 0 saturated carbocycles. The first kappa shape index (κ1) is 23.5. The van der Waals surface area contributed by atoms with Crippen LogP contribution in [0.15, 0.2) is 52.1 Å². The van der Waals surface area contributed by atoms with Gasteiger partial charge in [-0.2, -0.15) is 0 Å². The number of ether oxygens (including phenoxy) is 1. The van der Waals surface area contributed by atoms with Gasteiger partial charge in [-0.1, -0.05) is 23.7 Å². The summed E-state index contributed by atoms with van der Waals surface area (Å²) in [6, 6.07) is 10.5. The van der Waals surface area contributed by atoms with E-state index in [2.05, 4.69) is 10.6 Å². The molecular weight excluding hydrogens is 464 g/mol. The standard InChI is InChI=1S/C23H23ClN4O6/c24-14-7-8-19(29)17(10-14)26-21(31)13-27-18-6-2-1-5-16(18)22(32)28(23(27)33)12-20(30)25-11-15-4-3-9-34-15/h1-2,5-8,10,15,29H,3-4,9,11-13H2,(H,25,30)(H,26,31). The number of nitrogens with one attached hydrogen (secondary N) is 2. The number of fused-ring (bicyclic) bond motifs is 1. The third kappa shape index (κ3) is 5.13. The lowest BCUT2D eigenvalue weighted by Crippen LogP contribution is -2.45. The molecule has 0 bridgehead atoms. The minimum Gasteiger partial charge on any atom is -0.506 e. The third-order valence-electron chi connectivity index (χ3n) is 5.52. The van der Waals surface area contributed by atoms with Crippen molar-refractivity contribution in [3.05, 3.63) is 68.3 Å². The van der Waals surface area contributed by atoms with Gasteiger partial charge in [-0.3, -0.25) is 23.5 Å². The van der Waals surface area contributed by atoms with Gasteiger partial charge in [0, 0.05) is 18.2 Å². The van der Waals surface area contributed by atoms with Gasteiger partial charge in [0.25, 0.3) is 5.56 Å². The first-order chi connectivity index (χ1) is 16.3. The fourth-order valence-corrected chi connectivity index (χ4v) is 4.01. The van der Waals surface area contributed by atoms with Crippen LogP contribution >= 0.6 is 11.6 Å². The van der Waals surface area contributed by atoms with Crippen LogP contribution in [-0.4, -0.2) is 45.3 Å². The first-order valence-electron chi connectivity index (χ1n) is 10.7. The summed E-state index contributed by atoms with van der Waals surface area (Å²) in [5.74, 6) is -1.33. The lowest BCUT2D eigenvalue weighted by molar-refractivity contribution is -0.122. The van der Waals surface area contributed by atoms with Gasteiger partial charge in [0.15, 0.2) is 0 Å². The molecule has 10 nitrogen and oxygen atoms in total. The Kier molecular flexibility index (Phi) is 6.99. The smallest absolute Gasteiger partial charge is 0.332 e. The molecule has 0 spiro atoms. The van der Waals surface area contributed by atoms with E-state index in [0.717, 1.165) is 22.0 Å². The molecule has 178 valence electrons. The van der Waals surface area contributed by atoms with E-state index in [9.17, 15) is 24.3 Å². The molecule has 0 aliphatic carbocycles. The summed E-state index contributed by atoms with van der Waals surface area (Å²) in [5, 5.41) is 15.6. The fourth-order valence-electron chi connectivity index (χ4n) is 3.84. The number of hydrogen-bond donors (Lipinski definition) is 3. The summed E-state index contributed by atoms with van der Waals surface area (Å²) in [4.78, 5) is 51.3. The summed E-state index contributed by atoms with van der Waals surface area (Å²) >= 11 is 5.92. The van der Waals surface area contributed by atoms with Gasteiger partial charge in [0.1, 0.15) is 18.8 Å². The van der Waals surface area contributed by atoms with Crippen molar-refractivity contribution in [1.29, 1.82) is 0 Å². The van der Waals surface area contributed by atoms with Gasteiger partial charge in [-0.05, 0) is 43.2 Å². The van der Waals surface area contributed by atoms with Crippen molar-refractivity contribution in [2.45, 2.75) is 32.0 Å². The molecule has 1 fully saturated rings.